The summed E-state index contributed by atoms with van der Waals surface area (Å²) in [7, 11) is 0. The van der Waals surface area contributed by atoms with E-state index in [1.807, 2.05) is 0 Å². The van der Waals surface area contributed by atoms with Crippen LogP contribution in [0.5, 0.6) is 0 Å². The van der Waals surface area contributed by atoms with Crippen molar-refractivity contribution in [2.45, 2.75) is 38.4 Å². The summed E-state index contributed by atoms with van der Waals surface area (Å²) in [5.41, 5.74) is 0.212. The molecule has 0 radical (unpaired) electrons. The minimum Gasteiger partial charge on any atom is -0.449 e. The van der Waals surface area contributed by atoms with Crippen LogP contribution in [0.4, 0.5) is 22.0 Å². The molecule has 0 spiro atoms. The predicted octanol–water partition coefficient (Wildman–Crippen LogP) is 2.54. The standard InChI is InChI=1S/C13H16F5NO3/c1-7(2)9-4-12(14,15)8(3)5-19(9)10(20)11(21)22-6-13(16,17)18/h8-9H,1,4-6H2,2-3H3/t8?,9-/m1/s1. The summed E-state index contributed by atoms with van der Waals surface area (Å²) in [5, 5.41) is 0. The lowest BCUT2D eigenvalue weighted by Crippen LogP contribution is -2.56. The number of carbonyl (C=O) groups is 2. The number of rotatable bonds is 2. The SMILES string of the molecule is C=C(C)[C@H]1CC(F)(F)C(C)CN1C(=O)C(=O)OCC(F)(F)F. The van der Waals surface area contributed by atoms with Crippen LogP contribution in [-0.4, -0.2) is 48.1 Å². The van der Waals surface area contributed by atoms with Crippen LogP contribution in [0.3, 0.4) is 0 Å². The van der Waals surface area contributed by atoms with E-state index in [-0.39, 0.29) is 5.57 Å². The molecule has 0 bridgehead atoms. The van der Waals surface area contributed by atoms with Crippen molar-refractivity contribution in [3.05, 3.63) is 12.2 Å². The first kappa shape index (κ1) is 18.4. The molecule has 1 unspecified atom stereocenters. The molecular formula is C13H16F5NO3. The van der Waals surface area contributed by atoms with Crippen LogP contribution in [0.2, 0.25) is 0 Å². The van der Waals surface area contributed by atoms with Gasteiger partial charge in [0.15, 0.2) is 6.61 Å². The van der Waals surface area contributed by atoms with Crippen LogP contribution in [0, 0.1) is 5.92 Å². The summed E-state index contributed by atoms with van der Waals surface area (Å²) in [4.78, 5) is 24.1. The second-order valence-electron chi connectivity index (χ2n) is 5.38. The van der Waals surface area contributed by atoms with Gasteiger partial charge in [0, 0.05) is 18.9 Å². The molecule has 4 nitrogen and oxygen atoms in total. The number of piperidine rings is 1. The number of hydrogen-bond donors (Lipinski definition) is 0. The predicted molar refractivity (Wildman–Crippen MR) is 66.1 cm³/mol. The number of amides is 1. The van der Waals surface area contributed by atoms with E-state index >= 15 is 0 Å². The lowest BCUT2D eigenvalue weighted by atomic mass is 9.87. The smallest absolute Gasteiger partial charge is 0.422 e. The summed E-state index contributed by atoms with van der Waals surface area (Å²) in [5.74, 6) is -7.39. The number of alkyl halides is 5. The van der Waals surface area contributed by atoms with Gasteiger partial charge < -0.3 is 9.64 Å². The monoisotopic (exact) mass is 329 g/mol. The van der Waals surface area contributed by atoms with Crippen LogP contribution in [0.1, 0.15) is 20.3 Å². The van der Waals surface area contributed by atoms with Crippen LogP contribution < -0.4 is 0 Å². The van der Waals surface area contributed by atoms with Crippen molar-refractivity contribution < 1.29 is 36.3 Å². The van der Waals surface area contributed by atoms with Gasteiger partial charge in [-0.2, -0.15) is 13.2 Å². The highest BCUT2D eigenvalue weighted by Crippen LogP contribution is 2.38. The highest BCUT2D eigenvalue weighted by molar-refractivity contribution is 6.32. The molecule has 0 N–H and O–H groups in total. The van der Waals surface area contributed by atoms with Gasteiger partial charge in [0.25, 0.3) is 5.92 Å². The Bertz CT molecular complexity index is 475. The van der Waals surface area contributed by atoms with Crippen molar-refractivity contribution >= 4 is 11.9 Å². The molecule has 1 rings (SSSR count). The van der Waals surface area contributed by atoms with E-state index in [0.29, 0.717) is 0 Å². The molecule has 0 aromatic carbocycles. The molecule has 0 aromatic heterocycles. The third-order valence-electron chi connectivity index (χ3n) is 3.40. The normalized spacial score (nSPS) is 24.8. The Hall–Kier alpha value is -1.67. The molecule has 0 saturated carbocycles. The zero-order valence-electron chi connectivity index (χ0n) is 12.0. The van der Waals surface area contributed by atoms with Gasteiger partial charge in [-0.25, -0.2) is 13.6 Å². The number of carbonyl (C=O) groups excluding carboxylic acids is 2. The molecule has 1 aliphatic heterocycles. The highest BCUT2D eigenvalue weighted by atomic mass is 19.4. The second kappa shape index (κ2) is 6.21. The fourth-order valence-corrected chi connectivity index (χ4v) is 2.12. The van der Waals surface area contributed by atoms with Crippen LogP contribution >= 0.6 is 0 Å². The molecule has 22 heavy (non-hydrogen) atoms. The average molecular weight is 329 g/mol. The maximum atomic E-state index is 13.7. The second-order valence-corrected chi connectivity index (χ2v) is 5.38. The Kier molecular flexibility index (Phi) is 5.19. The fourth-order valence-electron chi connectivity index (χ4n) is 2.12. The van der Waals surface area contributed by atoms with Crippen molar-refractivity contribution in [1.82, 2.24) is 4.90 Å². The Morgan fingerprint density at radius 1 is 1.36 bits per heavy atom. The first-order valence-corrected chi connectivity index (χ1v) is 6.43. The minimum absolute atomic E-state index is 0.212. The fraction of sp³-hybridized carbons (Fsp3) is 0.692. The molecule has 2 atom stereocenters. The molecule has 1 fully saturated rings. The number of esters is 1. The Morgan fingerprint density at radius 2 is 1.91 bits per heavy atom. The van der Waals surface area contributed by atoms with E-state index in [9.17, 15) is 31.5 Å². The summed E-state index contributed by atoms with van der Waals surface area (Å²) < 4.78 is 67.2. The third kappa shape index (κ3) is 4.41. The molecule has 9 heteroatoms. The zero-order valence-corrected chi connectivity index (χ0v) is 12.0. The maximum absolute atomic E-state index is 13.7. The molecule has 1 heterocycles. The van der Waals surface area contributed by atoms with E-state index in [2.05, 4.69) is 11.3 Å². The lowest BCUT2D eigenvalue weighted by Gasteiger charge is -2.42. The summed E-state index contributed by atoms with van der Waals surface area (Å²) in [6.45, 7) is 3.70. The van der Waals surface area contributed by atoms with Crippen molar-refractivity contribution in [2.75, 3.05) is 13.2 Å². The van der Waals surface area contributed by atoms with E-state index in [0.717, 1.165) is 4.90 Å². The first-order valence-electron chi connectivity index (χ1n) is 6.43. The topological polar surface area (TPSA) is 46.6 Å². The number of likely N-dealkylation sites (tertiary alicyclic amines) is 1. The van der Waals surface area contributed by atoms with E-state index in [4.69, 9.17) is 0 Å². The highest BCUT2D eigenvalue weighted by Gasteiger charge is 2.49. The molecule has 0 aliphatic carbocycles. The maximum Gasteiger partial charge on any atom is 0.422 e. The molecule has 126 valence electrons. The van der Waals surface area contributed by atoms with Crippen LogP contribution in [0.15, 0.2) is 12.2 Å². The van der Waals surface area contributed by atoms with E-state index in [1.165, 1.54) is 13.8 Å². The Morgan fingerprint density at radius 3 is 2.36 bits per heavy atom. The lowest BCUT2D eigenvalue weighted by molar-refractivity contribution is -0.191. The molecular weight excluding hydrogens is 313 g/mol. The number of ether oxygens (including phenoxy) is 1. The first-order chi connectivity index (χ1) is 9.85. The molecule has 1 amide bonds. The molecule has 1 aliphatic rings. The van der Waals surface area contributed by atoms with Crippen LogP contribution in [-0.2, 0) is 14.3 Å². The van der Waals surface area contributed by atoms with Crippen molar-refractivity contribution in [3.8, 4) is 0 Å². The van der Waals surface area contributed by atoms with Gasteiger partial charge in [-0.3, -0.25) is 4.79 Å². The molecule has 1 saturated heterocycles. The zero-order chi connectivity index (χ0) is 17.3. The number of halogens is 5. The summed E-state index contributed by atoms with van der Waals surface area (Å²) in [6.07, 6.45) is -5.51. The van der Waals surface area contributed by atoms with E-state index < -0.39 is 55.5 Å². The summed E-state index contributed by atoms with van der Waals surface area (Å²) in [6, 6.07) is -1.13. The largest absolute Gasteiger partial charge is 0.449 e. The number of nitrogens with zero attached hydrogens (tertiary/aromatic N) is 1. The van der Waals surface area contributed by atoms with Crippen molar-refractivity contribution in [2.24, 2.45) is 5.92 Å². The van der Waals surface area contributed by atoms with Gasteiger partial charge in [0.05, 0.1) is 6.04 Å². The van der Waals surface area contributed by atoms with Gasteiger partial charge in [-0.05, 0) is 6.92 Å². The molecule has 0 aromatic rings. The average Bonchev–Trinajstić information content (AvgIpc) is 2.36. The Balaban J connectivity index is 2.85. The van der Waals surface area contributed by atoms with Gasteiger partial charge in [-0.1, -0.05) is 19.1 Å². The van der Waals surface area contributed by atoms with Gasteiger partial charge in [-0.15, -0.1) is 0 Å². The number of hydrogen-bond acceptors (Lipinski definition) is 3. The van der Waals surface area contributed by atoms with Crippen molar-refractivity contribution in [3.63, 3.8) is 0 Å². The van der Waals surface area contributed by atoms with E-state index in [1.54, 1.807) is 0 Å². The van der Waals surface area contributed by atoms with Gasteiger partial charge in [0.2, 0.25) is 0 Å². The third-order valence-corrected chi connectivity index (χ3v) is 3.40. The van der Waals surface area contributed by atoms with Gasteiger partial charge in [0.1, 0.15) is 0 Å². The van der Waals surface area contributed by atoms with Crippen LogP contribution in [0.25, 0.3) is 0 Å². The van der Waals surface area contributed by atoms with Gasteiger partial charge >= 0.3 is 18.1 Å². The minimum atomic E-state index is -4.77. The Labute approximate surface area is 123 Å². The quantitative estimate of drug-likeness (QED) is 0.338. The van der Waals surface area contributed by atoms with Crippen molar-refractivity contribution in [1.29, 1.82) is 0 Å². The summed E-state index contributed by atoms with van der Waals surface area (Å²) >= 11 is 0.